The van der Waals surface area contributed by atoms with Crippen LogP contribution in [0.2, 0.25) is 28.2 Å². The van der Waals surface area contributed by atoms with Crippen molar-refractivity contribution >= 4 is 43.6 Å². The second kappa shape index (κ2) is 18.3. The molecule has 2 aromatic carbocycles. The van der Waals surface area contributed by atoms with Crippen LogP contribution in [0.25, 0.3) is 0 Å². The van der Waals surface area contributed by atoms with Crippen molar-refractivity contribution in [3.05, 3.63) is 63.6 Å². The number of oxime groups is 1. The van der Waals surface area contributed by atoms with Crippen molar-refractivity contribution in [2.75, 3.05) is 52.4 Å². The molecule has 45 heavy (non-hydrogen) atoms. The Hall–Kier alpha value is -2.14. The van der Waals surface area contributed by atoms with Gasteiger partial charge in [0.25, 0.3) is 5.91 Å². The lowest BCUT2D eigenvalue weighted by molar-refractivity contribution is 0.0360. The number of phenolic OH excluding ortho intramolecular Hbond substituents is 1. The van der Waals surface area contributed by atoms with Crippen molar-refractivity contribution in [3.63, 3.8) is 0 Å². The van der Waals surface area contributed by atoms with Crippen LogP contribution < -0.4 is 5.32 Å². The molecule has 250 valence electrons. The zero-order valence-corrected chi connectivity index (χ0v) is 30.2. The van der Waals surface area contributed by atoms with Gasteiger partial charge in [0.05, 0.1) is 11.2 Å². The molecule has 0 spiro atoms. The first-order valence-corrected chi connectivity index (χ1v) is 19.8. The van der Waals surface area contributed by atoms with Gasteiger partial charge >= 0.3 is 0 Å². The van der Waals surface area contributed by atoms with Crippen molar-refractivity contribution < 1.29 is 19.2 Å². The van der Waals surface area contributed by atoms with E-state index < -0.39 is 8.32 Å². The Kier molecular flexibility index (Phi) is 15.1. The Morgan fingerprint density at radius 1 is 1.04 bits per heavy atom. The second-order valence-electron chi connectivity index (χ2n) is 13.3. The monoisotopic (exact) mass is 678 g/mol. The number of phenols is 1. The molecule has 1 heterocycles. The summed E-state index contributed by atoms with van der Waals surface area (Å²) in [6, 6.07) is 12.8. The molecule has 1 amide bonds. The summed E-state index contributed by atoms with van der Waals surface area (Å²) in [5.41, 5.74) is 1.32. The Bertz CT molecular complexity index is 1200. The number of hydrogen-bond donors (Lipinski definition) is 2. The van der Waals surface area contributed by atoms with Crippen LogP contribution in [0.4, 0.5) is 0 Å². The SMILES string of the molecule is CC(C)(C)[Si](C)(C)OCCCC(CCN1CCCN(CCCNC(=O)c2cc(O)c(Cl)c(Cl)c2)CC1)O/N=C/c1ccccc1. The van der Waals surface area contributed by atoms with Crippen LogP contribution in [0, 0.1) is 0 Å². The van der Waals surface area contributed by atoms with Gasteiger partial charge in [-0.1, -0.05) is 79.5 Å². The maximum atomic E-state index is 12.5. The number of nitrogens with zero attached hydrogens (tertiary/aromatic N) is 3. The minimum Gasteiger partial charge on any atom is -0.506 e. The highest BCUT2D eigenvalue weighted by atomic mass is 35.5. The topological polar surface area (TPSA) is 86.6 Å². The van der Waals surface area contributed by atoms with E-state index in [1.165, 1.54) is 12.1 Å². The highest BCUT2D eigenvalue weighted by molar-refractivity contribution is 6.74. The van der Waals surface area contributed by atoms with Gasteiger partial charge in [0, 0.05) is 38.3 Å². The summed E-state index contributed by atoms with van der Waals surface area (Å²) in [6.07, 6.45) is 6.55. The van der Waals surface area contributed by atoms with E-state index in [1.54, 1.807) is 6.21 Å². The largest absolute Gasteiger partial charge is 0.506 e. The molecule has 1 saturated heterocycles. The number of nitrogens with one attached hydrogen (secondary N) is 1. The normalized spacial score (nSPS) is 16.1. The molecule has 11 heteroatoms. The van der Waals surface area contributed by atoms with Gasteiger partial charge < -0.3 is 29.5 Å². The molecule has 2 aromatic rings. The van der Waals surface area contributed by atoms with Gasteiger partial charge in [0.1, 0.15) is 16.9 Å². The first-order chi connectivity index (χ1) is 21.4. The Morgan fingerprint density at radius 2 is 1.73 bits per heavy atom. The first-order valence-electron chi connectivity index (χ1n) is 16.1. The molecule has 8 nitrogen and oxygen atoms in total. The van der Waals surface area contributed by atoms with Crippen LogP contribution in [0.15, 0.2) is 47.6 Å². The van der Waals surface area contributed by atoms with Crippen molar-refractivity contribution in [3.8, 4) is 5.75 Å². The lowest BCUT2D eigenvalue weighted by atomic mass is 10.1. The predicted molar refractivity (Wildman–Crippen MR) is 188 cm³/mol. The second-order valence-corrected chi connectivity index (χ2v) is 18.9. The minimum atomic E-state index is -1.77. The van der Waals surface area contributed by atoms with Crippen molar-refractivity contribution in [2.24, 2.45) is 5.16 Å². The standard InChI is InChI=1S/C34H52Cl2N4O4Si/c1-34(2,3)45(4,5)43-23-9-14-29(44-38-26-27-12-7-6-8-13-27)15-20-40-19-11-18-39(21-22-40)17-10-16-37-33(42)28-24-30(35)32(36)31(41)25-28/h6-8,12-13,24-26,29,41H,9-11,14-23H2,1-5H3,(H,37,42)/b38-26+. The zero-order chi connectivity index (χ0) is 32.9. The lowest BCUT2D eigenvalue weighted by Gasteiger charge is -2.36. The molecule has 0 bridgehead atoms. The van der Waals surface area contributed by atoms with Gasteiger partial charge in [0.2, 0.25) is 0 Å². The molecule has 1 unspecified atom stereocenters. The third kappa shape index (κ3) is 12.9. The molecule has 1 aliphatic rings. The van der Waals surface area contributed by atoms with E-state index in [4.69, 9.17) is 32.5 Å². The number of hydrogen-bond acceptors (Lipinski definition) is 7. The summed E-state index contributed by atoms with van der Waals surface area (Å²) in [5, 5.41) is 17.5. The number of carbonyl (C=O) groups excluding carboxylic acids is 1. The number of aromatic hydroxyl groups is 1. The summed E-state index contributed by atoms with van der Waals surface area (Å²) in [6.45, 7) is 18.7. The third-order valence-corrected chi connectivity index (χ3v) is 14.1. The Morgan fingerprint density at radius 3 is 2.40 bits per heavy atom. The quantitative estimate of drug-likeness (QED) is 0.0831. The van der Waals surface area contributed by atoms with E-state index >= 15 is 0 Å². The Balaban J connectivity index is 1.42. The first kappa shape index (κ1) is 37.3. The summed E-state index contributed by atoms with van der Waals surface area (Å²) in [4.78, 5) is 23.5. The molecule has 0 aromatic heterocycles. The van der Waals surface area contributed by atoms with Crippen LogP contribution >= 0.6 is 23.2 Å². The number of rotatable bonds is 16. The van der Waals surface area contributed by atoms with Gasteiger partial charge in [-0.05, 0) is 87.6 Å². The number of halogens is 2. The van der Waals surface area contributed by atoms with E-state index in [0.717, 1.165) is 83.5 Å². The average Bonchev–Trinajstić information content (AvgIpc) is 3.23. The summed E-state index contributed by atoms with van der Waals surface area (Å²) in [5.74, 6) is -0.473. The van der Waals surface area contributed by atoms with Crippen LogP contribution in [-0.4, -0.2) is 93.9 Å². The third-order valence-electron chi connectivity index (χ3n) is 8.81. The fourth-order valence-corrected chi connectivity index (χ4v) is 6.34. The number of amides is 1. The lowest BCUT2D eigenvalue weighted by Crippen LogP contribution is -2.41. The van der Waals surface area contributed by atoms with E-state index in [1.807, 2.05) is 30.3 Å². The zero-order valence-electron chi connectivity index (χ0n) is 27.7. The van der Waals surface area contributed by atoms with Crippen molar-refractivity contribution in [1.82, 2.24) is 15.1 Å². The summed E-state index contributed by atoms with van der Waals surface area (Å²) < 4.78 is 6.42. The molecule has 0 aliphatic carbocycles. The van der Waals surface area contributed by atoms with Crippen LogP contribution in [0.5, 0.6) is 5.75 Å². The molecule has 1 fully saturated rings. The van der Waals surface area contributed by atoms with Crippen LogP contribution in [0.1, 0.15) is 68.8 Å². The highest BCUT2D eigenvalue weighted by Crippen LogP contribution is 2.36. The smallest absolute Gasteiger partial charge is 0.251 e. The molecule has 0 saturated carbocycles. The molecule has 3 rings (SSSR count). The summed E-state index contributed by atoms with van der Waals surface area (Å²) >= 11 is 11.9. The molecule has 0 radical (unpaired) electrons. The molecular weight excluding hydrogens is 627 g/mol. The molecule has 1 aliphatic heterocycles. The van der Waals surface area contributed by atoms with Gasteiger partial charge in [-0.2, -0.15) is 0 Å². The van der Waals surface area contributed by atoms with Crippen molar-refractivity contribution in [1.29, 1.82) is 0 Å². The maximum absolute atomic E-state index is 12.5. The number of benzene rings is 2. The van der Waals surface area contributed by atoms with Gasteiger partial charge in [-0.25, -0.2) is 0 Å². The van der Waals surface area contributed by atoms with Crippen LogP contribution in [-0.2, 0) is 9.26 Å². The number of carbonyl (C=O) groups is 1. The van der Waals surface area contributed by atoms with Gasteiger partial charge in [0.15, 0.2) is 8.32 Å². The van der Waals surface area contributed by atoms with Crippen molar-refractivity contribution in [2.45, 2.75) is 77.1 Å². The molecule has 1 atom stereocenters. The average molecular weight is 680 g/mol. The fourth-order valence-electron chi connectivity index (χ4n) is 4.93. The fraction of sp³-hybridized carbons (Fsp3) is 0.588. The van der Waals surface area contributed by atoms with Gasteiger partial charge in [-0.15, -0.1) is 0 Å². The van der Waals surface area contributed by atoms with E-state index in [9.17, 15) is 9.90 Å². The minimum absolute atomic E-state index is 0.0355. The Labute approximate surface area is 281 Å². The van der Waals surface area contributed by atoms with E-state index in [2.05, 4.69) is 54.1 Å². The molecular formula is C34H52Cl2N4O4Si. The van der Waals surface area contributed by atoms with E-state index in [0.29, 0.717) is 12.1 Å². The van der Waals surface area contributed by atoms with Crippen LogP contribution in [0.3, 0.4) is 0 Å². The predicted octanol–water partition coefficient (Wildman–Crippen LogP) is 7.44. The highest BCUT2D eigenvalue weighted by Gasteiger charge is 2.36. The molecule has 2 N–H and O–H groups in total. The van der Waals surface area contributed by atoms with E-state index in [-0.39, 0.29) is 32.8 Å². The summed E-state index contributed by atoms with van der Waals surface area (Å²) in [7, 11) is -1.77. The maximum Gasteiger partial charge on any atom is 0.251 e. The van der Waals surface area contributed by atoms with Gasteiger partial charge in [-0.3, -0.25) is 4.79 Å².